The molecule has 3 aromatic carbocycles. The molecule has 0 spiro atoms. The largest absolute Gasteiger partial charge is 0.416 e. The van der Waals surface area contributed by atoms with E-state index in [1.54, 1.807) is 12.1 Å². The fourth-order valence-electron chi connectivity index (χ4n) is 3.33. The highest BCUT2D eigenvalue weighted by Gasteiger charge is 2.33. The average Bonchev–Trinajstić information content (AvgIpc) is 2.81. The van der Waals surface area contributed by atoms with E-state index in [1.165, 1.54) is 12.1 Å². The fourth-order valence-corrected chi connectivity index (χ4v) is 4.46. The van der Waals surface area contributed by atoms with Crippen molar-refractivity contribution in [3.8, 4) is 0 Å². The summed E-state index contributed by atoms with van der Waals surface area (Å²) in [4.78, 5) is 12.1. The number of anilines is 2. The van der Waals surface area contributed by atoms with Crippen molar-refractivity contribution < 1.29 is 39.6 Å². The minimum Gasteiger partial charge on any atom is -0.321 e. The van der Waals surface area contributed by atoms with Gasteiger partial charge >= 0.3 is 12.4 Å². The number of alkyl halides is 6. The van der Waals surface area contributed by atoms with Gasteiger partial charge in [-0.2, -0.15) is 26.3 Å². The summed E-state index contributed by atoms with van der Waals surface area (Å²) < 4.78 is 107. The Labute approximate surface area is 215 Å². The number of amides is 1. The molecule has 0 aliphatic heterocycles. The zero-order valence-electron chi connectivity index (χ0n) is 20.0. The molecule has 0 bridgehead atoms. The van der Waals surface area contributed by atoms with Crippen LogP contribution in [0, 0.1) is 0 Å². The molecule has 0 aliphatic carbocycles. The topological polar surface area (TPSA) is 75.3 Å². The summed E-state index contributed by atoms with van der Waals surface area (Å²) in [7, 11) is -4.81. The highest BCUT2D eigenvalue weighted by atomic mass is 32.2. The number of benzene rings is 3. The van der Waals surface area contributed by atoms with Crippen molar-refractivity contribution in [1.29, 1.82) is 0 Å². The van der Waals surface area contributed by atoms with Crippen LogP contribution < -0.4 is 10.0 Å². The molecule has 3 rings (SSSR count). The lowest BCUT2D eigenvalue weighted by atomic mass is 10.0. The molecule has 0 fully saturated rings. The molecule has 5 nitrogen and oxygen atoms in total. The number of carbonyl (C=O) groups excluding carboxylic acids is 1. The Hall–Kier alpha value is -3.80. The molecule has 0 aromatic heterocycles. The molecule has 12 heteroatoms. The van der Waals surface area contributed by atoms with Crippen LogP contribution in [-0.4, -0.2) is 14.3 Å². The average molecular weight is 557 g/mol. The lowest BCUT2D eigenvalue weighted by Crippen LogP contribution is -2.25. The highest BCUT2D eigenvalue weighted by Crippen LogP contribution is 2.32. The van der Waals surface area contributed by atoms with Crippen LogP contribution in [0.2, 0.25) is 0 Å². The first-order valence-corrected chi connectivity index (χ1v) is 12.5. The van der Waals surface area contributed by atoms with Crippen LogP contribution in [0.25, 0.3) is 6.08 Å². The first-order chi connectivity index (χ1) is 17.6. The SMILES string of the molecule is CC(C)c1ccc(/C=C(/C(=O)Nc2cccc(C(F)(F)F)c2)S(=O)(=O)Nc2cccc(C(F)(F)F)c2)cc1. The van der Waals surface area contributed by atoms with Crippen molar-refractivity contribution in [2.45, 2.75) is 32.1 Å². The van der Waals surface area contributed by atoms with Crippen molar-refractivity contribution in [3.05, 3.63) is 100.0 Å². The zero-order chi connectivity index (χ0) is 28.3. The van der Waals surface area contributed by atoms with Crippen LogP contribution in [-0.2, 0) is 27.2 Å². The van der Waals surface area contributed by atoms with Crippen LogP contribution in [0.15, 0.2) is 77.7 Å². The number of halogens is 6. The normalized spacial score (nSPS) is 12.9. The molecule has 0 radical (unpaired) electrons. The predicted molar refractivity (Wildman–Crippen MR) is 133 cm³/mol. The zero-order valence-corrected chi connectivity index (χ0v) is 20.8. The molecule has 0 saturated carbocycles. The van der Waals surface area contributed by atoms with Crippen LogP contribution in [0.5, 0.6) is 0 Å². The maximum Gasteiger partial charge on any atom is 0.416 e. The fraction of sp³-hybridized carbons (Fsp3) is 0.192. The molecule has 0 heterocycles. The van der Waals surface area contributed by atoms with E-state index in [-0.39, 0.29) is 17.2 Å². The van der Waals surface area contributed by atoms with E-state index in [0.29, 0.717) is 12.1 Å². The highest BCUT2D eigenvalue weighted by molar-refractivity contribution is 7.97. The van der Waals surface area contributed by atoms with Crippen LogP contribution >= 0.6 is 0 Å². The lowest BCUT2D eigenvalue weighted by Gasteiger charge is -2.15. The lowest BCUT2D eigenvalue weighted by molar-refractivity contribution is -0.138. The van der Waals surface area contributed by atoms with Gasteiger partial charge in [-0.05, 0) is 59.5 Å². The van der Waals surface area contributed by atoms with Crippen LogP contribution in [0.1, 0.15) is 42.0 Å². The van der Waals surface area contributed by atoms with E-state index in [2.05, 4.69) is 5.32 Å². The van der Waals surface area contributed by atoms with Gasteiger partial charge in [-0.15, -0.1) is 0 Å². The second kappa shape index (κ2) is 10.9. The number of carbonyl (C=O) groups is 1. The Kier molecular flexibility index (Phi) is 8.25. The van der Waals surface area contributed by atoms with Gasteiger partial charge in [-0.25, -0.2) is 8.42 Å². The summed E-state index contributed by atoms with van der Waals surface area (Å²) in [6, 6.07) is 13.4. The first-order valence-electron chi connectivity index (χ1n) is 11.1. The van der Waals surface area contributed by atoms with E-state index < -0.39 is 50.0 Å². The number of sulfonamides is 1. The third-order valence-electron chi connectivity index (χ3n) is 5.30. The Balaban J connectivity index is 2.03. The minimum atomic E-state index is -4.81. The summed E-state index contributed by atoms with van der Waals surface area (Å²) in [5, 5.41) is 2.13. The number of rotatable bonds is 7. The second-order valence-electron chi connectivity index (χ2n) is 8.55. The molecule has 202 valence electrons. The molecule has 0 saturated heterocycles. The van der Waals surface area contributed by atoms with E-state index in [1.807, 2.05) is 18.6 Å². The standard InChI is InChI=1S/C26H22F6N2O3S/c1-16(2)18-11-9-17(10-12-18)13-23(24(35)33-21-7-3-5-19(14-21)25(27,28)29)38(36,37)34-22-8-4-6-20(15-22)26(30,31)32/h3-16,34H,1-2H3,(H,33,35)/b23-13-. The minimum absolute atomic E-state index is 0.156. The van der Waals surface area contributed by atoms with Crippen LogP contribution in [0.3, 0.4) is 0 Å². The number of nitrogens with one attached hydrogen (secondary N) is 2. The summed E-state index contributed by atoms with van der Waals surface area (Å²) in [5.74, 6) is -1.14. The van der Waals surface area contributed by atoms with Crippen LogP contribution in [0.4, 0.5) is 37.7 Å². The van der Waals surface area contributed by atoms with Crippen molar-refractivity contribution in [2.75, 3.05) is 10.0 Å². The smallest absolute Gasteiger partial charge is 0.321 e. The molecular formula is C26H22F6N2O3S. The van der Waals surface area contributed by atoms with E-state index in [4.69, 9.17) is 0 Å². The summed E-state index contributed by atoms with van der Waals surface area (Å²) in [6.07, 6.45) is -8.49. The van der Waals surface area contributed by atoms with Crippen molar-refractivity contribution in [2.24, 2.45) is 0 Å². The summed E-state index contributed by atoms with van der Waals surface area (Å²) >= 11 is 0. The van der Waals surface area contributed by atoms with Crippen molar-refractivity contribution in [1.82, 2.24) is 0 Å². The van der Waals surface area contributed by atoms with Gasteiger partial charge in [0.2, 0.25) is 0 Å². The third kappa shape index (κ3) is 7.37. The quantitative estimate of drug-likeness (QED) is 0.237. The van der Waals surface area contributed by atoms with Crippen molar-refractivity contribution in [3.63, 3.8) is 0 Å². The molecule has 38 heavy (non-hydrogen) atoms. The van der Waals surface area contributed by atoms with Gasteiger partial charge in [0.15, 0.2) is 4.91 Å². The van der Waals surface area contributed by atoms with Gasteiger partial charge < -0.3 is 5.32 Å². The molecule has 3 aromatic rings. The molecular weight excluding hydrogens is 534 g/mol. The van der Waals surface area contributed by atoms with Gasteiger partial charge in [0.25, 0.3) is 15.9 Å². The van der Waals surface area contributed by atoms with Gasteiger partial charge in [-0.1, -0.05) is 50.2 Å². The van der Waals surface area contributed by atoms with E-state index in [0.717, 1.165) is 48.0 Å². The van der Waals surface area contributed by atoms with Gasteiger partial charge in [0.05, 0.1) is 11.1 Å². The molecule has 0 aliphatic rings. The molecule has 0 atom stereocenters. The molecule has 0 unspecified atom stereocenters. The van der Waals surface area contributed by atoms with Gasteiger partial charge in [-0.3, -0.25) is 9.52 Å². The van der Waals surface area contributed by atoms with Crippen molar-refractivity contribution >= 4 is 33.4 Å². The molecule has 2 N–H and O–H groups in total. The Morgan fingerprint density at radius 3 is 1.79 bits per heavy atom. The van der Waals surface area contributed by atoms with Gasteiger partial charge in [0.1, 0.15) is 0 Å². The van der Waals surface area contributed by atoms with E-state index in [9.17, 15) is 39.6 Å². The summed E-state index contributed by atoms with van der Waals surface area (Å²) in [6.45, 7) is 3.87. The predicted octanol–water partition coefficient (Wildman–Crippen LogP) is 7.27. The number of hydrogen-bond acceptors (Lipinski definition) is 3. The summed E-state index contributed by atoms with van der Waals surface area (Å²) in [5.41, 5.74) is -1.82. The third-order valence-corrected chi connectivity index (χ3v) is 6.69. The Morgan fingerprint density at radius 2 is 1.29 bits per heavy atom. The second-order valence-corrected chi connectivity index (χ2v) is 10.2. The molecule has 1 amide bonds. The maximum absolute atomic E-state index is 13.2. The van der Waals surface area contributed by atoms with Gasteiger partial charge in [0, 0.05) is 11.4 Å². The maximum atomic E-state index is 13.2. The Bertz CT molecular complexity index is 1440. The number of hydrogen-bond donors (Lipinski definition) is 2. The monoisotopic (exact) mass is 556 g/mol. The van der Waals surface area contributed by atoms with E-state index >= 15 is 0 Å². The Morgan fingerprint density at radius 1 is 0.789 bits per heavy atom. The first kappa shape index (κ1) is 28.8.